The zero-order chi connectivity index (χ0) is 21.3. The third-order valence-electron chi connectivity index (χ3n) is 3.78. The summed E-state index contributed by atoms with van der Waals surface area (Å²) in [5, 5.41) is 0. The minimum atomic E-state index is -2.90. The molecule has 0 aromatic rings. The number of halogens is 2. The van der Waals surface area contributed by atoms with Gasteiger partial charge in [0.1, 0.15) is 0 Å². The first kappa shape index (κ1) is 28.1. The summed E-state index contributed by atoms with van der Waals surface area (Å²) in [5.74, 6) is 0.304. The van der Waals surface area contributed by atoms with Crippen LogP contribution in [-0.4, -0.2) is 35.8 Å². The zero-order valence-corrected chi connectivity index (χ0v) is 19.2. The van der Waals surface area contributed by atoms with E-state index in [2.05, 4.69) is 18.8 Å². The molecule has 3 nitrogen and oxygen atoms in total. The van der Waals surface area contributed by atoms with Crippen molar-refractivity contribution in [1.29, 1.82) is 0 Å². The lowest BCUT2D eigenvalue weighted by atomic mass is 10.2. The van der Waals surface area contributed by atoms with Crippen molar-refractivity contribution in [3.05, 3.63) is 23.4 Å². The first-order chi connectivity index (χ1) is 12.7. The highest BCUT2D eigenvalue weighted by Gasteiger charge is 2.25. The second-order valence-electron chi connectivity index (χ2n) is 6.32. The molecule has 0 radical (unpaired) electrons. The number of rotatable bonds is 11. The molecule has 0 aromatic heterocycles. The Balaban J connectivity index is 0. The predicted octanol–water partition coefficient (Wildman–Crippen LogP) is 6.61. The van der Waals surface area contributed by atoms with Gasteiger partial charge in [0.25, 0.3) is 5.66 Å². The number of aliphatic imine (C=N–C) groups is 1. The van der Waals surface area contributed by atoms with Gasteiger partial charge in [-0.2, -0.15) is 8.78 Å². The minimum absolute atomic E-state index is 0.0913. The van der Waals surface area contributed by atoms with E-state index in [-0.39, 0.29) is 5.57 Å². The van der Waals surface area contributed by atoms with E-state index in [0.717, 1.165) is 38.0 Å². The predicted molar refractivity (Wildman–Crippen MR) is 118 cm³/mol. The van der Waals surface area contributed by atoms with Gasteiger partial charge in [-0.15, -0.1) is 0 Å². The van der Waals surface area contributed by atoms with Gasteiger partial charge in [-0.3, -0.25) is 9.79 Å². The lowest BCUT2D eigenvalue weighted by Gasteiger charge is -2.21. The first-order valence-electron chi connectivity index (χ1n) is 9.99. The molecule has 0 bridgehead atoms. The molecule has 6 heteroatoms. The van der Waals surface area contributed by atoms with Gasteiger partial charge in [-0.05, 0) is 33.1 Å². The molecule has 0 spiro atoms. The number of carbonyl (C=O) groups is 1. The highest BCUT2D eigenvalue weighted by atomic mass is 31.0. The molecule has 0 aliphatic heterocycles. The number of nitrogens with zero attached hydrogens (tertiary/aromatic N) is 2. The maximum absolute atomic E-state index is 12.8. The third kappa shape index (κ3) is 15.6. The summed E-state index contributed by atoms with van der Waals surface area (Å²) in [6, 6.07) is 0. The largest absolute Gasteiger partial charge is 0.343 e. The number of alkyl halides is 2. The molecule has 1 atom stereocenters. The highest BCUT2D eigenvalue weighted by Crippen LogP contribution is 2.29. The Bertz CT molecular complexity index is 483. The lowest BCUT2D eigenvalue weighted by Crippen LogP contribution is -2.32. The Hall–Kier alpha value is -1.09. The smallest absolute Gasteiger partial charge is 0.285 e. The molecule has 158 valence electrons. The minimum Gasteiger partial charge on any atom is -0.343 e. The van der Waals surface area contributed by atoms with Crippen LogP contribution in [0.5, 0.6) is 0 Å². The summed E-state index contributed by atoms with van der Waals surface area (Å²) in [4.78, 5) is 17.3. The molecule has 0 fully saturated rings. The van der Waals surface area contributed by atoms with Crippen LogP contribution in [0.3, 0.4) is 0 Å². The van der Waals surface area contributed by atoms with Gasteiger partial charge in [-0.25, -0.2) is 0 Å². The van der Waals surface area contributed by atoms with Gasteiger partial charge in [0, 0.05) is 37.0 Å². The molecule has 0 aromatic carbocycles. The van der Waals surface area contributed by atoms with E-state index >= 15 is 0 Å². The molecule has 1 unspecified atom stereocenters. The number of hydrogen-bond acceptors (Lipinski definition) is 2. The van der Waals surface area contributed by atoms with E-state index in [1.165, 1.54) is 34.4 Å². The van der Waals surface area contributed by atoms with Crippen LogP contribution in [0.2, 0.25) is 0 Å². The van der Waals surface area contributed by atoms with Gasteiger partial charge >= 0.3 is 0 Å². The van der Waals surface area contributed by atoms with Gasteiger partial charge in [0.2, 0.25) is 5.91 Å². The van der Waals surface area contributed by atoms with E-state index < -0.39 is 5.66 Å². The van der Waals surface area contributed by atoms with Crippen molar-refractivity contribution in [2.75, 3.05) is 13.1 Å². The fourth-order valence-corrected chi connectivity index (χ4v) is 2.52. The summed E-state index contributed by atoms with van der Waals surface area (Å²) in [7, 11) is 1.50. The Labute approximate surface area is 167 Å². The summed E-state index contributed by atoms with van der Waals surface area (Å²) in [6.45, 7) is 13.4. The Morgan fingerprint density at radius 1 is 1.11 bits per heavy atom. The topological polar surface area (TPSA) is 32.7 Å². The van der Waals surface area contributed by atoms with Crippen molar-refractivity contribution in [3.63, 3.8) is 0 Å². The Morgan fingerprint density at radius 2 is 1.74 bits per heavy atom. The molecule has 0 rings (SSSR count). The molecule has 1 amide bonds. The van der Waals surface area contributed by atoms with E-state index in [0.29, 0.717) is 12.3 Å². The van der Waals surface area contributed by atoms with E-state index in [1.807, 2.05) is 24.8 Å². The molecule has 0 saturated heterocycles. The van der Waals surface area contributed by atoms with Crippen LogP contribution in [0.15, 0.2) is 28.4 Å². The van der Waals surface area contributed by atoms with Crippen molar-refractivity contribution < 1.29 is 13.6 Å². The van der Waals surface area contributed by atoms with Gasteiger partial charge in [0.05, 0.1) is 0 Å². The van der Waals surface area contributed by atoms with E-state index in [9.17, 15) is 13.6 Å². The average Bonchev–Trinajstić information content (AvgIpc) is 2.60. The van der Waals surface area contributed by atoms with Gasteiger partial charge < -0.3 is 4.90 Å². The zero-order valence-electron chi connectivity index (χ0n) is 18.0. The van der Waals surface area contributed by atoms with Crippen LogP contribution in [0.1, 0.15) is 80.1 Å². The fourth-order valence-electron chi connectivity index (χ4n) is 2.28. The average molecular weight is 405 g/mol. The SMILES string of the molecule is CCCCCN(CCC)C(=O)CC.C\C=C(/C=N\C(C)=C/CC)C(F)(F)P. The normalized spacial score (nSPS) is 12.8. The van der Waals surface area contributed by atoms with Crippen LogP contribution in [0.4, 0.5) is 8.78 Å². The van der Waals surface area contributed by atoms with Crippen LogP contribution >= 0.6 is 9.24 Å². The van der Waals surface area contributed by atoms with Crippen molar-refractivity contribution in [2.24, 2.45) is 4.99 Å². The van der Waals surface area contributed by atoms with Gasteiger partial charge in [0.15, 0.2) is 0 Å². The van der Waals surface area contributed by atoms with Crippen LogP contribution in [-0.2, 0) is 4.79 Å². The van der Waals surface area contributed by atoms with E-state index in [4.69, 9.17) is 0 Å². The fraction of sp³-hybridized carbons (Fsp3) is 0.714. The standard InChI is InChI=1S/C11H23NO.C10H16F2NP/c1-4-7-8-10-12(9-5-2)11(13)6-3;1-4-6-8(3)13-7-9(5-2)10(11,12)14/h4-10H2,1-3H3;5-7H,4,14H2,1-3H3/b;8-6-,9-5+,13-7-. The molecule has 0 aliphatic carbocycles. The number of allylic oxidation sites excluding steroid dienone is 4. The molecule has 0 aliphatic rings. The van der Waals surface area contributed by atoms with E-state index in [1.54, 1.807) is 13.8 Å². The molecular formula is C21H39F2N2OP. The molecular weight excluding hydrogens is 365 g/mol. The van der Waals surface area contributed by atoms with Crippen molar-refractivity contribution in [2.45, 2.75) is 85.7 Å². The van der Waals surface area contributed by atoms with Crippen LogP contribution in [0.25, 0.3) is 0 Å². The molecule has 27 heavy (non-hydrogen) atoms. The number of amides is 1. The van der Waals surface area contributed by atoms with Crippen LogP contribution in [0, 0.1) is 0 Å². The summed E-state index contributed by atoms with van der Waals surface area (Å²) in [6.07, 6.45) is 10.6. The highest BCUT2D eigenvalue weighted by molar-refractivity contribution is 7.18. The van der Waals surface area contributed by atoms with Crippen molar-refractivity contribution in [1.82, 2.24) is 4.90 Å². The maximum atomic E-state index is 12.8. The lowest BCUT2D eigenvalue weighted by molar-refractivity contribution is -0.131. The second kappa shape index (κ2) is 17.0. The van der Waals surface area contributed by atoms with Crippen LogP contribution < -0.4 is 0 Å². The molecule has 0 N–H and O–H groups in total. The molecule has 0 saturated carbocycles. The van der Waals surface area contributed by atoms with Crippen molar-refractivity contribution >= 4 is 21.4 Å². The maximum Gasteiger partial charge on any atom is 0.285 e. The number of hydrogen-bond donors (Lipinski definition) is 0. The Morgan fingerprint density at radius 3 is 2.15 bits per heavy atom. The monoisotopic (exact) mass is 404 g/mol. The first-order valence-corrected chi connectivity index (χ1v) is 10.6. The van der Waals surface area contributed by atoms with Gasteiger partial charge in [-0.1, -0.05) is 61.9 Å². The summed E-state index contributed by atoms with van der Waals surface area (Å²) >= 11 is 0. The summed E-state index contributed by atoms with van der Waals surface area (Å²) < 4.78 is 25.6. The number of unbranched alkanes of at least 4 members (excludes halogenated alkanes) is 2. The third-order valence-corrected chi connectivity index (χ3v) is 4.12. The quantitative estimate of drug-likeness (QED) is 0.217. The summed E-state index contributed by atoms with van der Waals surface area (Å²) in [5.41, 5.74) is -2.24. The van der Waals surface area contributed by atoms with Crippen molar-refractivity contribution in [3.8, 4) is 0 Å². The molecule has 0 heterocycles. The number of carbonyl (C=O) groups excluding carboxylic acids is 1. The second-order valence-corrected chi connectivity index (χ2v) is 7.05. The Kier molecular flexibility index (Phi) is 17.7.